The molecule has 0 aliphatic heterocycles. The highest BCUT2D eigenvalue weighted by molar-refractivity contribution is 7.54. The van der Waals surface area contributed by atoms with E-state index in [4.69, 9.17) is 13.8 Å². The molecule has 0 spiro atoms. The molecule has 6 nitrogen and oxygen atoms in total. The summed E-state index contributed by atoms with van der Waals surface area (Å²) in [7, 11) is -3.73. The Morgan fingerprint density at radius 1 is 1.00 bits per heavy atom. The monoisotopic (exact) mass is 372 g/mol. The van der Waals surface area contributed by atoms with Crippen molar-refractivity contribution in [1.82, 2.24) is 5.32 Å². The molecule has 0 radical (unpaired) electrons. The highest BCUT2D eigenvalue weighted by Crippen LogP contribution is 2.53. The van der Waals surface area contributed by atoms with E-state index < -0.39 is 8.17 Å². The summed E-state index contributed by atoms with van der Waals surface area (Å²) in [6.07, 6.45) is 0. The minimum atomic E-state index is -3.73. The SMILES string of the molecule is CC.CC.CCOCC(C)(C)CO[P+](O)(O)OCCNCC(C)C. The van der Waals surface area contributed by atoms with E-state index in [0.717, 1.165) is 6.54 Å². The topological polar surface area (TPSA) is 80.2 Å². The lowest BCUT2D eigenvalue weighted by molar-refractivity contribution is 0.0197. The molecular weight excluding hydrogens is 329 g/mol. The van der Waals surface area contributed by atoms with E-state index in [9.17, 15) is 9.79 Å². The maximum absolute atomic E-state index is 9.67. The van der Waals surface area contributed by atoms with Gasteiger partial charge in [-0.05, 0) is 19.4 Å². The fourth-order valence-corrected chi connectivity index (χ4v) is 2.26. The van der Waals surface area contributed by atoms with Gasteiger partial charge in [0.05, 0.1) is 6.61 Å². The third-order valence-electron chi connectivity index (χ3n) is 2.41. The normalized spacial score (nSPS) is 11.5. The maximum Gasteiger partial charge on any atom is 0.570 e. The summed E-state index contributed by atoms with van der Waals surface area (Å²) in [5.74, 6) is 0.549. The standard InChI is InChI=1S/C13H31NO5P.2C2H6/c1-6-17-10-13(4,5)11-19-20(15,16)18-8-7-14-9-12(2)3;2*1-2/h12,14-16H,6-11H2,1-5H3;2*1-2H3/q+1;;. The molecule has 0 aromatic rings. The van der Waals surface area contributed by atoms with Crippen LogP contribution in [0.2, 0.25) is 0 Å². The van der Waals surface area contributed by atoms with E-state index in [-0.39, 0.29) is 18.6 Å². The summed E-state index contributed by atoms with van der Waals surface area (Å²) in [6, 6.07) is 0. The van der Waals surface area contributed by atoms with Crippen LogP contribution in [0.1, 0.15) is 62.3 Å². The minimum Gasteiger partial charge on any atom is -0.381 e. The fourth-order valence-electron chi connectivity index (χ4n) is 1.34. The second-order valence-corrected chi connectivity index (χ2v) is 7.49. The Balaban J connectivity index is -0.00000102. The van der Waals surface area contributed by atoms with Gasteiger partial charge < -0.3 is 10.1 Å². The molecule has 24 heavy (non-hydrogen) atoms. The van der Waals surface area contributed by atoms with Gasteiger partial charge in [0.2, 0.25) is 0 Å². The third-order valence-corrected chi connectivity index (χ3v) is 3.40. The van der Waals surface area contributed by atoms with Gasteiger partial charge in [-0.2, -0.15) is 18.8 Å². The Kier molecular flexibility index (Phi) is 21.7. The van der Waals surface area contributed by atoms with E-state index in [2.05, 4.69) is 19.2 Å². The predicted octanol–water partition coefficient (Wildman–Crippen LogP) is 4.04. The molecular formula is C17H43NO5P+. The zero-order valence-corrected chi connectivity index (χ0v) is 18.3. The van der Waals surface area contributed by atoms with E-state index in [0.29, 0.717) is 25.7 Å². The molecule has 0 fully saturated rings. The van der Waals surface area contributed by atoms with E-state index in [1.807, 2.05) is 48.5 Å². The van der Waals surface area contributed by atoms with Crippen LogP contribution in [0.3, 0.4) is 0 Å². The van der Waals surface area contributed by atoms with Gasteiger partial charge in [0.25, 0.3) is 0 Å². The molecule has 0 atom stereocenters. The van der Waals surface area contributed by atoms with Crippen LogP contribution in [-0.2, 0) is 13.8 Å². The van der Waals surface area contributed by atoms with Crippen molar-refractivity contribution in [2.75, 3.05) is 39.5 Å². The molecule has 0 bridgehead atoms. The van der Waals surface area contributed by atoms with Crippen LogP contribution in [0.4, 0.5) is 0 Å². The average molecular weight is 373 g/mol. The summed E-state index contributed by atoms with van der Waals surface area (Å²) < 4.78 is 15.4. The van der Waals surface area contributed by atoms with Gasteiger partial charge in [-0.3, -0.25) is 0 Å². The first-order chi connectivity index (χ1) is 11.2. The number of hydrogen-bond acceptors (Lipinski definition) is 6. The quantitative estimate of drug-likeness (QED) is 0.354. The summed E-state index contributed by atoms with van der Waals surface area (Å²) in [5, 5.41) is 3.15. The number of ether oxygens (including phenoxy) is 1. The number of nitrogens with one attached hydrogen (secondary N) is 1. The third kappa shape index (κ3) is 22.2. The Hall–Kier alpha value is 0.190. The first-order valence-electron chi connectivity index (χ1n) is 9.10. The van der Waals surface area contributed by atoms with E-state index in [1.54, 1.807) is 0 Å². The Morgan fingerprint density at radius 3 is 2.00 bits per heavy atom. The van der Waals surface area contributed by atoms with Gasteiger partial charge >= 0.3 is 8.17 Å². The summed E-state index contributed by atoms with van der Waals surface area (Å²) in [5.41, 5.74) is -0.286. The van der Waals surface area contributed by atoms with Crippen LogP contribution < -0.4 is 5.32 Å². The molecule has 0 saturated heterocycles. The van der Waals surface area contributed by atoms with E-state index in [1.165, 1.54) is 0 Å². The summed E-state index contributed by atoms with van der Waals surface area (Å²) in [4.78, 5) is 19.3. The van der Waals surface area contributed by atoms with Crippen molar-refractivity contribution in [3.05, 3.63) is 0 Å². The molecule has 0 unspecified atom stereocenters. The zero-order chi connectivity index (χ0) is 19.6. The van der Waals surface area contributed by atoms with Crippen molar-refractivity contribution in [3.8, 4) is 0 Å². The van der Waals surface area contributed by atoms with Crippen LogP contribution in [0.5, 0.6) is 0 Å². The van der Waals surface area contributed by atoms with Crippen molar-refractivity contribution < 1.29 is 23.6 Å². The van der Waals surface area contributed by atoms with Crippen molar-refractivity contribution >= 4 is 8.17 Å². The lowest BCUT2D eigenvalue weighted by Gasteiger charge is -2.23. The zero-order valence-electron chi connectivity index (χ0n) is 17.4. The van der Waals surface area contributed by atoms with Gasteiger partial charge in [-0.25, -0.2) is 0 Å². The first kappa shape index (κ1) is 29.0. The van der Waals surface area contributed by atoms with Crippen LogP contribution in [-0.4, -0.2) is 49.3 Å². The second kappa shape index (κ2) is 18.0. The predicted molar refractivity (Wildman–Crippen MR) is 104 cm³/mol. The lowest BCUT2D eigenvalue weighted by Crippen LogP contribution is -2.27. The Labute approximate surface area is 151 Å². The molecule has 0 aliphatic rings. The Morgan fingerprint density at radius 2 is 1.54 bits per heavy atom. The summed E-state index contributed by atoms with van der Waals surface area (Å²) in [6.45, 7) is 20.9. The summed E-state index contributed by atoms with van der Waals surface area (Å²) >= 11 is 0. The molecule has 150 valence electrons. The fraction of sp³-hybridized carbons (Fsp3) is 1.00. The van der Waals surface area contributed by atoms with Crippen LogP contribution in [0.15, 0.2) is 0 Å². The molecule has 0 amide bonds. The van der Waals surface area contributed by atoms with Crippen molar-refractivity contribution in [1.29, 1.82) is 0 Å². The van der Waals surface area contributed by atoms with Gasteiger partial charge in [0.1, 0.15) is 13.2 Å². The van der Waals surface area contributed by atoms with Gasteiger partial charge in [-0.1, -0.05) is 55.4 Å². The molecule has 0 heterocycles. The molecule has 0 aromatic heterocycles. The van der Waals surface area contributed by atoms with Crippen molar-refractivity contribution in [2.45, 2.75) is 62.3 Å². The van der Waals surface area contributed by atoms with Crippen molar-refractivity contribution in [2.24, 2.45) is 11.3 Å². The minimum absolute atomic E-state index is 0.174. The van der Waals surface area contributed by atoms with Crippen molar-refractivity contribution in [3.63, 3.8) is 0 Å². The smallest absolute Gasteiger partial charge is 0.381 e. The van der Waals surface area contributed by atoms with Gasteiger partial charge in [0, 0.05) is 18.6 Å². The second-order valence-electron chi connectivity index (χ2n) is 6.00. The Bertz CT molecular complexity index is 251. The van der Waals surface area contributed by atoms with Crippen LogP contribution >= 0.6 is 8.17 Å². The lowest BCUT2D eigenvalue weighted by atomic mass is 9.97. The first-order valence-corrected chi connectivity index (χ1v) is 10.6. The molecule has 3 N–H and O–H groups in total. The largest absolute Gasteiger partial charge is 0.570 e. The molecule has 0 saturated carbocycles. The highest BCUT2D eigenvalue weighted by atomic mass is 31.2. The molecule has 7 heteroatoms. The molecule has 0 aromatic carbocycles. The molecule has 0 aliphatic carbocycles. The van der Waals surface area contributed by atoms with E-state index >= 15 is 0 Å². The molecule has 0 rings (SSSR count). The van der Waals surface area contributed by atoms with Crippen LogP contribution in [0.25, 0.3) is 0 Å². The maximum atomic E-state index is 9.67. The average Bonchev–Trinajstić information content (AvgIpc) is 2.54. The van der Waals surface area contributed by atoms with Crippen LogP contribution in [0, 0.1) is 11.3 Å². The number of hydrogen-bond donors (Lipinski definition) is 3. The van der Waals surface area contributed by atoms with Gasteiger partial charge in [0.15, 0.2) is 0 Å². The number of rotatable bonds is 12. The highest BCUT2D eigenvalue weighted by Gasteiger charge is 2.41. The van der Waals surface area contributed by atoms with Gasteiger partial charge in [-0.15, -0.1) is 0 Å².